The molecule has 5 heteroatoms. The number of halogens is 1. The topological polar surface area (TPSA) is 36.4 Å². The smallest absolute Gasteiger partial charge is 0.222 e. The number of piperazine rings is 1. The largest absolute Gasteiger partial charge is 0.353 e. The van der Waals surface area contributed by atoms with Crippen molar-refractivity contribution in [3.8, 4) is 0 Å². The number of aryl methyl sites for hydroxylation is 1. The number of carbonyl (C=O) groups is 1. The Kier molecular flexibility index (Phi) is 5.57. The third-order valence-electron chi connectivity index (χ3n) is 5.14. The number of anilines is 1. The second kappa shape index (κ2) is 7.65. The number of carbonyl (C=O) groups excluding carboxylic acids is 1. The molecule has 2 fully saturated rings. The molecule has 0 bridgehead atoms. The fourth-order valence-electron chi connectivity index (χ4n) is 3.80. The molecule has 1 aromatic heterocycles. The number of nitrogens with zero attached hydrogens (tertiary/aromatic N) is 3. The van der Waals surface area contributed by atoms with Gasteiger partial charge >= 0.3 is 0 Å². The molecule has 0 radical (unpaired) electrons. The second-order valence-corrected chi connectivity index (χ2v) is 7.79. The average Bonchev–Trinajstić information content (AvgIpc) is 2.56. The Morgan fingerprint density at radius 2 is 1.91 bits per heavy atom. The molecule has 3 rings (SSSR count). The summed E-state index contributed by atoms with van der Waals surface area (Å²) in [5.41, 5.74) is 1.18. The predicted octanol–water partition coefficient (Wildman–Crippen LogP) is 3.77. The first-order chi connectivity index (χ1) is 11.1. The van der Waals surface area contributed by atoms with Crippen LogP contribution in [-0.2, 0) is 4.79 Å². The van der Waals surface area contributed by atoms with E-state index in [4.69, 9.17) is 0 Å². The molecule has 1 aliphatic carbocycles. The number of hydrogen-bond acceptors (Lipinski definition) is 3. The van der Waals surface area contributed by atoms with Gasteiger partial charge in [0.1, 0.15) is 5.82 Å². The summed E-state index contributed by atoms with van der Waals surface area (Å²) in [4.78, 5) is 21.4. The maximum absolute atomic E-state index is 12.5. The molecule has 2 aliphatic rings. The lowest BCUT2D eigenvalue weighted by Gasteiger charge is -2.37. The molecule has 1 amide bonds. The summed E-state index contributed by atoms with van der Waals surface area (Å²) in [6.07, 6.45) is 9.06. The lowest BCUT2D eigenvalue weighted by atomic mass is 9.86. The van der Waals surface area contributed by atoms with Gasteiger partial charge in [-0.25, -0.2) is 4.98 Å². The van der Waals surface area contributed by atoms with E-state index in [1.807, 2.05) is 6.20 Å². The Bertz CT molecular complexity index is 549. The first-order valence-electron chi connectivity index (χ1n) is 8.78. The van der Waals surface area contributed by atoms with Crippen molar-refractivity contribution in [3.63, 3.8) is 0 Å². The van der Waals surface area contributed by atoms with E-state index in [1.165, 1.54) is 37.7 Å². The summed E-state index contributed by atoms with van der Waals surface area (Å²) in [7, 11) is 0. The highest BCUT2D eigenvalue weighted by Crippen LogP contribution is 2.27. The molecule has 0 unspecified atom stereocenters. The Balaban J connectivity index is 1.52. The lowest BCUT2D eigenvalue weighted by Crippen LogP contribution is -2.49. The minimum atomic E-state index is 0.358. The Labute approximate surface area is 147 Å². The standard InChI is InChI=1S/C18H26BrN3O/c1-14-11-16(19)13-20-18(14)22-9-7-21(8-10-22)17(23)12-15-5-3-2-4-6-15/h11,13,15H,2-10,12H2,1H3. The van der Waals surface area contributed by atoms with E-state index in [9.17, 15) is 4.79 Å². The van der Waals surface area contributed by atoms with Crippen molar-refractivity contribution in [3.05, 3.63) is 22.3 Å². The van der Waals surface area contributed by atoms with Gasteiger partial charge in [0.15, 0.2) is 0 Å². The highest BCUT2D eigenvalue weighted by atomic mass is 79.9. The van der Waals surface area contributed by atoms with Crippen LogP contribution in [0.1, 0.15) is 44.1 Å². The van der Waals surface area contributed by atoms with Gasteiger partial charge in [0.25, 0.3) is 0 Å². The van der Waals surface area contributed by atoms with Crippen LogP contribution in [0.5, 0.6) is 0 Å². The van der Waals surface area contributed by atoms with Crippen molar-refractivity contribution in [1.82, 2.24) is 9.88 Å². The Morgan fingerprint density at radius 1 is 1.22 bits per heavy atom. The number of pyridine rings is 1. The molecule has 1 aliphatic heterocycles. The van der Waals surface area contributed by atoms with E-state index in [2.05, 4.69) is 43.7 Å². The van der Waals surface area contributed by atoms with Crippen molar-refractivity contribution in [2.24, 2.45) is 5.92 Å². The van der Waals surface area contributed by atoms with Crippen LogP contribution in [0.15, 0.2) is 16.7 Å². The molecule has 0 atom stereocenters. The SMILES string of the molecule is Cc1cc(Br)cnc1N1CCN(C(=O)CC2CCCCC2)CC1. The maximum Gasteiger partial charge on any atom is 0.222 e. The normalized spacial score (nSPS) is 19.9. The van der Waals surface area contributed by atoms with E-state index < -0.39 is 0 Å². The highest BCUT2D eigenvalue weighted by molar-refractivity contribution is 9.10. The van der Waals surface area contributed by atoms with Crippen LogP contribution < -0.4 is 4.90 Å². The van der Waals surface area contributed by atoms with E-state index in [0.717, 1.165) is 42.9 Å². The van der Waals surface area contributed by atoms with Crippen molar-refractivity contribution >= 4 is 27.7 Å². The Morgan fingerprint density at radius 3 is 2.57 bits per heavy atom. The van der Waals surface area contributed by atoms with Gasteiger partial charge in [-0.1, -0.05) is 19.3 Å². The zero-order valence-electron chi connectivity index (χ0n) is 13.9. The first kappa shape index (κ1) is 16.7. The van der Waals surface area contributed by atoms with Crippen LogP contribution in [0.3, 0.4) is 0 Å². The van der Waals surface area contributed by atoms with Crippen molar-refractivity contribution in [2.45, 2.75) is 45.4 Å². The Hall–Kier alpha value is -1.10. The molecule has 0 spiro atoms. The average molecular weight is 380 g/mol. The van der Waals surface area contributed by atoms with Crippen molar-refractivity contribution in [2.75, 3.05) is 31.1 Å². The fraction of sp³-hybridized carbons (Fsp3) is 0.667. The van der Waals surface area contributed by atoms with Crippen LogP contribution in [-0.4, -0.2) is 42.0 Å². The molecule has 4 nitrogen and oxygen atoms in total. The van der Waals surface area contributed by atoms with Crippen LogP contribution >= 0.6 is 15.9 Å². The third kappa shape index (κ3) is 4.25. The van der Waals surface area contributed by atoms with E-state index in [-0.39, 0.29) is 0 Å². The summed E-state index contributed by atoms with van der Waals surface area (Å²) in [5, 5.41) is 0. The molecule has 1 aromatic rings. The number of amides is 1. The molecule has 0 N–H and O–H groups in total. The highest BCUT2D eigenvalue weighted by Gasteiger charge is 2.25. The van der Waals surface area contributed by atoms with Gasteiger partial charge in [0.2, 0.25) is 5.91 Å². The van der Waals surface area contributed by atoms with Gasteiger partial charge in [0.05, 0.1) is 0 Å². The van der Waals surface area contributed by atoms with Crippen molar-refractivity contribution in [1.29, 1.82) is 0 Å². The summed E-state index contributed by atoms with van der Waals surface area (Å²) in [6, 6.07) is 2.10. The van der Waals surface area contributed by atoms with Gasteiger partial charge in [-0.05, 0) is 53.2 Å². The zero-order valence-corrected chi connectivity index (χ0v) is 15.5. The zero-order chi connectivity index (χ0) is 16.2. The minimum Gasteiger partial charge on any atom is -0.353 e. The van der Waals surface area contributed by atoms with Gasteiger partial charge in [0, 0.05) is 43.3 Å². The summed E-state index contributed by atoms with van der Waals surface area (Å²) in [6.45, 7) is 5.50. The monoisotopic (exact) mass is 379 g/mol. The third-order valence-corrected chi connectivity index (χ3v) is 5.57. The predicted molar refractivity (Wildman–Crippen MR) is 96.7 cm³/mol. The lowest BCUT2D eigenvalue weighted by molar-refractivity contribution is -0.132. The minimum absolute atomic E-state index is 0.358. The van der Waals surface area contributed by atoms with Crippen LogP contribution in [0.4, 0.5) is 5.82 Å². The van der Waals surface area contributed by atoms with Gasteiger partial charge < -0.3 is 9.80 Å². The molecule has 1 saturated heterocycles. The quantitative estimate of drug-likeness (QED) is 0.801. The number of hydrogen-bond donors (Lipinski definition) is 0. The van der Waals surface area contributed by atoms with Crippen molar-refractivity contribution < 1.29 is 4.79 Å². The molecular formula is C18H26BrN3O. The van der Waals surface area contributed by atoms with Gasteiger partial charge in [-0.2, -0.15) is 0 Å². The first-order valence-corrected chi connectivity index (χ1v) is 9.57. The summed E-state index contributed by atoms with van der Waals surface area (Å²) in [5.74, 6) is 2.04. The number of aromatic nitrogens is 1. The van der Waals surface area contributed by atoms with Crippen LogP contribution in [0.2, 0.25) is 0 Å². The van der Waals surface area contributed by atoms with Crippen LogP contribution in [0.25, 0.3) is 0 Å². The van der Waals surface area contributed by atoms with Gasteiger partial charge in [-0.15, -0.1) is 0 Å². The molecule has 126 valence electrons. The summed E-state index contributed by atoms with van der Waals surface area (Å²) >= 11 is 3.46. The number of rotatable bonds is 3. The van der Waals surface area contributed by atoms with Crippen LogP contribution in [0, 0.1) is 12.8 Å². The molecule has 2 heterocycles. The maximum atomic E-state index is 12.5. The van der Waals surface area contributed by atoms with Gasteiger partial charge in [-0.3, -0.25) is 4.79 Å². The van der Waals surface area contributed by atoms with E-state index >= 15 is 0 Å². The van der Waals surface area contributed by atoms with E-state index in [0.29, 0.717) is 11.8 Å². The summed E-state index contributed by atoms with van der Waals surface area (Å²) < 4.78 is 1.01. The molecule has 23 heavy (non-hydrogen) atoms. The second-order valence-electron chi connectivity index (χ2n) is 6.87. The van der Waals surface area contributed by atoms with E-state index in [1.54, 1.807) is 0 Å². The molecule has 1 saturated carbocycles. The molecular weight excluding hydrogens is 354 g/mol. The molecule has 0 aromatic carbocycles. The fourth-order valence-corrected chi connectivity index (χ4v) is 4.25.